The zero-order valence-corrected chi connectivity index (χ0v) is 12.8. The Bertz CT molecular complexity index is 798. The van der Waals surface area contributed by atoms with Gasteiger partial charge in [-0.3, -0.25) is 4.98 Å². The maximum atomic E-state index is 11.0. The van der Waals surface area contributed by atoms with E-state index in [1.807, 2.05) is 30.5 Å². The van der Waals surface area contributed by atoms with Crippen LogP contribution in [0.3, 0.4) is 0 Å². The molecular formula is C17H19N5O. The highest BCUT2D eigenvalue weighted by Crippen LogP contribution is 2.31. The number of pyridine rings is 1. The minimum atomic E-state index is -0.795. The van der Waals surface area contributed by atoms with Gasteiger partial charge in [0, 0.05) is 36.6 Å². The van der Waals surface area contributed by atoms with Crippen molar-refractivity contribution in [3.63, 3.8) is 0 Å². The molecule has 0 bridgehead atoms. The van der Waals surface area contributed by atoms with Crippen molar-refractivity contribution >= 4 is 16.6 Å². The molecule has 4 rings (SSSR count). The molecule has 6 heteroatoms. The van der Waals surface area contributed by atoms with Gasteiger partial charge >= 0.3 is 0 Å². The van der Waals surface area contributed by atoms with Crippen LogP contribution in [0.1, 0.15) is 12.8 Å². The Kier molecular flexibility index (Phi) is 3.46. The number of benzene rings is 1. The van der Waals surface area contributed by atoms with Crippen molar-refractivity contribution in [1.29, 1.82) is 0 Å². The largest absolute Gasteiger partial charge is 0.386 e. The number of hydrogen-bond donors (Lipinski definition) is 1. The van der Waals surface area contributed by atoms with Gasteiger partial charge in [0.25, 0.3) is 0 Å². The van der Waals surface area contributed by atoms with Gasteiger partial charge in [0.2, 0.25) is 0 Å². The van der Waals surface area contributed by atoms with Gasteiger partial charge in [-0.1, -0.05) is 23.4 Å². The first kappa shape index (κ1) is 14.1. The summed E-state index contributed by atoms with van der Waals surface area (Å²) in [4.78, 5) is 6.68. The van der Waals surface area contributed by atoms with Crippen LogP contribution in [0.2, 0.25) is 0 Å². The molecule has 1 saturated heterocycles. The highest BCUT2D eigenvalue weighted by molar-refractivity contribution is 5.91. The highest BCUT2D eigenvalue weighted by Gasteiger charge is 2.34. The number of aromatic nitrogens is 4. The highest BCUT2D eigenvalue weighted by atomic mass is 16.3. The Morgan fingerprint density at radius 3 is 2.96 bits per heavy atom. The normalized spacial score (nSPS) is 21.7. The third-order valence-electron chi connectivity index (χ3n) is 4.45. The van der Waals surface area contributed by atoms with E-state index in [0.717, 1.165) is 36.0 Å². The number of hydrogen-bond acceptors (Lipinski definition) is 5. The Morgan fingerprint density at radius 2 is 2.09 bits per heavy atom. The lowest BCUT2D eigenvalue weighted by Crippen LogP contribution is -2.50. The van der Waals surface area contributed by atoms with Crippen LogP contribution in [0.5, 0.6) is 0 Å². The van der Waals surface area contributed by atoms with Crippen molar-refractivity contribution in [2.24, 2.45) is 0 Å². The van der Waals surface area contributed by atoms with Crippen molar-refractivity contribution < 1.29 is 5.11 Å². The number of aliphatic hydroxyl groups is 1. The fraction of sp³-hybridized carbons (Fsp3) is 0.353. The predicted molar refractivity (Wildman–Crippen MR) is 88.2 cm³/mol. The lowest BCUT2D eigenvalue weighted by molar-refractivity contribution is 0.00610. The van der Waals surface area contributed by atoms with Crippen LogP contribution in [-0.4, -0.2) is 43.8 Å². The Labute approximate surface area is 134 Å². The number of fused-ring (bicyclic) bond motifs is 1. The first-order valence-corrected chi connectivity index (χ1v) is 7.89. The van der Waals surface area contributed by atoms with E-state index < -0.39 is 5.60 Å². The molecule has 0 amide bonds. The molecule has 1 unspecified atom stereocenters. The second kappa shape index (κ2) is 5.62. The summed E-state index contributed by atoms with van der Waals surface area (Å²) in [5.74, 6) is 0. The number of β-amino-alcohol motifs (C(OH)–C–C–N with tert-alkyl or cyclic N) is 1. The second-order valence-electron chi connectivity index (χ2n) is 6.20. The molecule has 3 aromatic rings. The molecule has 0 radical (unpaired) electrons. The van der Waals surface area contributed by atoms with Crippen LogP contribution in [0, 0.1) is 0 Å². The molecule has 3 heterocycles. The summed E-state index contributed by atoms with van der Waals surface area (Å²) in [5.41, 5.74) is 1.32. The Hall–Kier alpha value is -2.47. The van der Waals surface area contributed by atoms with Crippen molar-refractivity contribution in [2.45, 2.75) is 25.0 Å². The standard InChI is InChI=1S/C17H19N5O/c23-17(13-22-11-9-19-20-22)7-3-10-21(12-17)16-6-8-18-15-5-2-1-4-14(15)16/h1-2,4-6,8-9,11,23H,3,7,10,12-13H2. The third kappa shape index (κ3) is 2.77. The van der Waals surface area contributed by atoms with E-state index in [1.165, 1.54) is 0 Å². The molecule has 1 aromatic carbocycles. The molecule has 1 fully saturated rings. The topological polar surface area (TPSA) is 67.1 Å². The molecule has 2 aromatic heterocycles. The van der Waals surface area contributed by atoms with Gasteiger partial charge < -0.3 is 10.0 Å². The summed E-state index contributed by atoms with van der Waals surface area (Å²) in [5, 5.41) is 19.9. The van der Waals surface area contributed by atoms with Crippen molar-refractivity contribution in [3.05, 3.63) is 48.9 Å². The molecule has 1 atom stereocenters. The summed E-state index contributed by atoms with van der Waals surface area (Å²) in [6.45, 7) is 1.99. The van der Waals surface area contributed by atoms with Crippen molar-refractivity contribution in [3.8, 4) is 0 Å². The van der Waals surface area contributed by atoms with Gasteiger partial charge in [-0.25, -0.2) is 4.68 Å². The van der Waals surface area contributed by atoms with Crippen LogP contribution in [0.4, 0.5) is 5.69 Å². The van der Waals surface area contributed by atoms with E-state index in [1.54, 1.807) is 17.1 Å². The minimum Gasteiger partial charge on any atom is -0.386 e. The van der Waals surface area contributed by atoms with E-state index in [2.05, 4.69) is 26.3 Å². The van der Waals surface area contributed by atoms with E-state index in [4.69, 9.17) is 0 Å². The molecule has 6 nitrogen and oxygen atoms in total. The van der Waals surface area contributed by atoms with Gasteiger partial charge in [0.05, 0.1) is 18.3 Å². The molecule has 1 aliphatic heterocycles. The summed E-state index contributed by atoms with van der Waals surface area (Å²) < 4.78 is 1.70. The minimum absolute atomic E-state index is 0.465. The first-order valence-electron chi connectivity index (χ1n) is 7.89. The molecular weight excluding hydrogens is 290 g/mol. The SMILES string of the molecule is OC1(Cn2ccnn2)CCCN(c2ccnc3ccccc23)C1. The molecule has 0 spiro atoms. The fourth-order valence-electron chi connectivity index (χ4n) is 3.42. The number of piperidine rings is 1. The average molecular weight is 309 g/mol. The maximum absolute atomic E-state index is 11.0. The summed E-state index contributed by atoms with van der Waals surface area (Å²) in [7, 11) is 0. The third-order valence-corrected chi connectivity index (χ3v) is 4.45. The van der Waals surface area contributed by atoms with Crippen LogP contribution < -0.4 is 4.90 Å². The summed E-state index contributed by atoms with van der Waals surface area (Å²) in [6.07, 6.45) is 6.98. The zero-order valence-electron chi connectivity index (χ0n) is 12.8. The van der Waals surface area contributed by atoms with Crippen LogP contribution in [-0.2, 0) is 6.54 Å². The summed E-state index contributed by atoms with van der Waals surface area (Å²) in [6, 6.07) is 10.2. The van der Waals surface area contributed by atoms with Crippen molar-refractivity contribution in [2.75, 3.05) is 18.0 Å². The predicted octanol–water partition coefficient (Wildman–Crippen LogP) is 1.86. The van der Waals surface area contributed by atoms with Gasteiger partial charge in [0.1, 0.15) is 5.60 Å². The lowest BCUT2D eigenvalue weighted by Gasteiger charge is -2.40. The van der Waals surface area contributed by atoms with Crippen molar-refractivity contribution in [1.82, 2.24) is 20.0 Å². The molecule has 0 saturated carbocycles. The second-order valence-corrected chi connectivity index (χ2v) is 6.20. The van der Waals surface area contributed by atoms with Gasteiger partial charge in [0.15, 0.2) is 0 Å². The van der Waals surface area contributed by atoms with E-state index in [9.17, 15) is 5.11 Å². The number of anilines is 1. The fourth-order valence-corrected chi connectivity index (χ4v) is 3.42. The van der Waals surface area contributed by atoms with E-state index in [0.29, 0.717) is 13.1 Å². The number of nitrogens with zero attached hydrogens (tertiary/aromatic N) is 5. The molecule has 1 aliphatic rings. The smallest absolute Gasteiger partial charge is 0.102 e. The van der Waals surface area contributed by atoms with Crippen LogP contribution in [0.25, 0.3) is 10.9 Å². The molecule has 1 N–H and O–H groups in total. The molecule has 0 aliphatic carbocycles. The number of rotatable bonds is 3. The monoisotopic (exact) mass is 309 g/mol. The molecule has 118 valence electrons. The Morgan fingerprint density at radius 1 is 1.17 bits per heavy atom. The van der Waals surface area contributed by atoms with Crippen LogP contribution in [0.15, 0.2) is 48.9 Å². The molecule has 23 heavy (non-hydrogen) atoms. The van der Waals surface area contributed by atoms with Gasteiger partial charge in [-0.2, -0.15) is 0 Å². The first-order chi connectivity index (χ1) is 11.2. The van der Waals surface area contributed by atoms with Gasteiger partial charge in [-0.15, -0.1) is 5.10 Å². The Balaban J connectivity index is 1.64. The quantitative estimate of drug-likeness (QED) is 0.800. The zero-order chi connectivity index (χ0) is 15.7. The van der Waals surface area contributed by atoms with Crippen LogP contribution >= 0.6 is 0 Å². The summed E-state index contributed by atoms with van der Waals surface area (Å²) >= 11 is 0. The maximum Gasteiger partial charge on any atom is 0.102 e. The van der Waals surface area contributed by atoms with E-state index in [-0.39, 0.29) is 0 Å². The average Bonchev–Trinajstić information content (AvgIpc) is 3.06. The van der Waals surface area contributed by atoms with Gasteiger partial charge in [-0.05, 0) is 25.0 Å². The van der Waals surface area contributed by atoms with E-state index >= 15 is 0 Å². The lowest BCUT2D eigenvalue weighted by atomic mass is 9.92. The number of para-hydroxylation sites is 1.